The highest BCUT2D eigenvalue weighted by molar-refractivity contribution is 5.76. The van der Waals surface area contributed by atoms with E-state index in [9.17, 15) is 4.79 Å². The summed E-state index contributed by atoms with van der Waals surface area (Å²) in [6, 6.07) is 0.0760. The Hall–Kier alpha value is -0.610. The standard InChI is InChI=1S/C10H22N2O2/c1-5-10(3,7-13)12-8(2)6-9(14)11-4/h8,12-13H,5-7H2,1-4H3,(H,11,14). The summed E-state index contributed by atoms with van der Waals surface area (Å²) in [5.74, 6) is 0.0152. The van der Waals surface area contributed by atoms with Crippen LogP contribution in [0.4, 0.5) is 0 Å². The van der Waals surface area contributed by atoms with Crippen LogP contribution in [0, 0.1) is 0 Å². The molecular formula is C10H22N2O2. The average molecular weight is 202 g/mol. The monoisotopic (exact) mass is 202 g/mol. The van der Waals surface area contributed by atoms with Crippen LogP contribution in [0.15, 0.2) is 0 Å². The quantitative estimate of drug-likeness (QED) is 0.579. The lowest BCUT2D eigenvalue weighted by molar-refractivity contribution is -0.121. The van der Waals surface area contributed by atoms with Crippen molar-refractivity contribution in [1.82, 2.24) is 10.6 Å². The van der Waals surface area contributed by atoms with Crippen molar-refractivity contribution in [3.05, 3.63) is 0 Å². The molecule has 2 atom stereocenters. The molecule has 0 aliphatic rings. The second kappa shape index (κ2) is 5.98. The molecule has 0 radical (unpaired) electrons. The molecule has 0 aliphatic carbocycles. The zero-order valence-electron chi connectivity index (χ0n) is 9.55. The maximum absolute atomic E-state index is 11.1. The lowest BCUT2D eigenvalue weighted by Crippen LogP contribution is -2.50. The molecule has 4 heteroatoms. The number of rotatable bonds is 6. The first kappa shape index (κ1) is 13.4. The average Bonchev–Trinajstić information content (AvgIpc) is 2.17. The van der Waals surface area contributed by atoms with Crippen LogP contribution in [0.3, 0.4) is 0 Å². The van der Waals surface area contributed by atoms with Gasteiger partial charge in [-0.25, -0.2) is 0 Å². The molecule has 4 nitrogen and oxygen atoms in total. The Bertz CT molecular complexity index is 179. The van der Waals surface area contributed by atoms with Crippen molar-refractivity contribution in [2.45, 2.75) is 45.2 Å². The number of hydrogen-bond acceptors (Lipinski definition) is 3. The predicted octanol–water partition coefficient (Wildman–Crippen LogP) is 0.262. The first-order valence-electron chi connectivity index (χ1n) is 5.06. The van der Waals surface area contributed by atoms with Crippen LogP contribution in [0.1, 0.15) is 33.6 Å². The van der Waals surface area contributed by atoms with Crippen molar-refractivity contribution in [2.75, 3.05) is 13.7 Å². The van der Waals surface area contributed by atoms with Gasteiger partial charge in [0.2, 0.25) is 5.91 Å². The fourth-order valence-electron chi connectivity index (χ4n) is 1.29. The van der Waals surface area contributed by atoms with Crippen molar-refractivity contribution in [3.8, 4) is 0 Å². The molecule has 3 N–H and O–H groups in total. The number of carbonyl (C=O) groups is 1. The summed E-state index contributed by atoms with van der Waals surface area (Å²) in [5, 5.41) is 15.0. The molecule has 0 aromatic rings. The van der Waals surface area contributed by atoms with E-state index >= 15 is 0 Å². The fourth-order valence-corrected chi connectivity index (χ4v) is 1.29. The van der Waals surface area contributed by atoms with E-state index in [4.69, 9.17) is 5.11 Å². The van der Waals surface area contributed by atoms with E-state index in [1.54, 1.807) is 7.05 Å². The van der Waals surface area contributed by atoms with E-state index in [0.717, 1.165) is 6.42 Å². The Morgan fingerprint density at radius 2 is 2.14 bits per heavy atom. The Balaban J connectivity index is 4.03. The minimum atomic E-state index is -0.284. The van der Waals surface area contributed by atoms with Gasteiger partial charge in [0.25, 0.3) is 0 Å². The summed E-state index contributed by atoms with van der Waals surface area (Å²) in [4.78, 5) is 11.1. The maximum atomic E-state index is 11.1. The first-order chi connectivity index (χ1) is 6.47. The van der Waals surface area contributed by atoms with Crippen LogP contribution in [-0.4, -0.2) is 36.2 Å². The molecule has 0 rings (SSSR count). The Morgan fingerprint density at radius 1 is 1.57 bits per heavy atom. The van der Waals surface area contributed by atoms with Gasteiger partial charge in [0.1, 0.15) is 0 Å². The number of nitrogens with one attached hydrogen (secondary N) is 2. The van der Waals surface area contributed by atoms with Crippen molar-refractivity contribution >= 4 is 5.91 Å². The third-order valence-corrected chi connectivity index (χ3v) is 2.49. The van der Waals surface area contributed by atoms with E-state index in [-0.39, 0.29) is 24.1 Å². The molecule has 0 aromatic carbocycles. The zero-order chi connectivity index (χ0) is 11.2. The molecule has 1 amide bonds. The van der Waals surface area contributed by atoms with Gasteiger partial charge in [-0.15, -0.1) is 0 Å². The lowest BCUT2D eigenvalue weighted by Gasteiger charge is -2.31. The highest BCUT2D eigenvalue weighted by Crippen LogP contribution is 2.09. The van der Waals surface area contributed by atoms with E-state index < -0.39 is 0 Å². The second-order valence-corrected chi connectivity index (χ2v) is 4.00. The van der Waals surface area contributed by atoms with Crippen molar-refractivity contribution in [1.29, 1.82) is 0 Å². The van der Waals surface area contributed by atoms with E-state index in [0.29, 0.717) is 6.42 Å². The largest absolute Gasteiger partial charge is 0.394 e. The number of hydrogen-bond donors (Lipinski definition) is 3. The summed E-state index contributed by atoms with van der Waals surface area (Å²) in [6.07, 6.45) is 1.27. The summed E-state index contributed by atoms with van der Waals surface area (Å²) in [6.45, 7) is 5.99. The normalized spacial score (nSPS) is 17.2. The van der Waals surface area contributed by atoms with Gasteiger partial charge in [0.05, 0.1) is 6.61 Å². The zero-order valence-corrected chi connectivity index (χ0v) is 9.55. The number of carbonyl (C=O) groups excluding carboxylic acids is 1. The highest BCUT2D eigenvalue weighted by Gasteiger charge is 2.23. The topological polar surface area (TPSA) is 61.4 Å². The van der Waals surface area contributed by atoms with E-state index in [2.05, 4.69) is 10.6 Å². The van der Waals surface area contributed by atoms with Crippen LogP contribution < -0.4 is 10.6 Å². The molecule has 0 fully saturated rings. The van der Waals surface area contributed by atoms with Crippen LogP contribution in [0.2, 0.25) is 0 Å². The third-order valence-electron chi connectivity index (χ3n) is 2.49. The molecule has 0 saturated heterocycles. The molecule has 0 aromatic heterocycles. The molecule has 0 heterocycles. The summed E-state index contributed by atoms with van der Waals surface area (Å²) >= 11 is 0. The van der Waals surface area contributed by atoms with Gasteiger partial charge in [0.15, 0.2) is 0 Å². The van der Waals surface area contributed by atoms with Gasteiger partial charge in [-0.1, -0.05) is 6.92 Å². The van der Waals surface area contributed by atoms with Gasteiger partial charge in [-0.3, -0.25) is 4.79 Å². The molecule has 84 valence electrons. The van der Waals surface area contributed by atoms with E-state index in [1.807, 2.05) is 20.8 Å². The predicted molar refractivity (Wildman–Crippen MR) is 57.1 cm³/mol. The third kappa shape index (κ3) is 4.58. The van der Waals surface area contributed by atoms with E-state index in [1.165, 1.54) is 0 Å². The van der Waals surface area contributed by atoms with Crippen LogP contribution >= 0.6 is 0 Å². The summed E-state index contributed by atoms with van der Waals surface area (Å²) in [7, 11) is 1.63. The lowest BCUT2D eigenvalue weighted by atomic mass is 9.98. The minimum absolute atomic E-state index is 0.0152. The smallest absolute Gasteiger partial charge is 0.221 e. The molecule has 0 saturated carbocycles. The highest BCUT2D eigenvalue weighted by atomic mass is 16.3. The summed E-state index contributed by atoms with van der Waals surface area (Å²) < 4.78 is 0. The minimum Gasteiger partial charge on any atom is -0.394 e. The van der Waals surface area contributed by atoms with Crippen LogP contribution in [0.25, 0.3) is 0 Å². The van der Waals surface area contributed by atoms with Gasteiger partial charge in [-0.2, -0.15) is 0 Å². The Kier molecular flexibility index (Phi) is 5.72. The van der Waals surface area contributed by atoms with Crippen molar-refractivity contribution in [3.63, 3.8) is 0 Å². The number of aliphatic hydroxyl groups is 1. The molecule has 2 unspecified atom stereocenters. The van der Waals surface area contributed by atoms with Crippen LogP contribution in [0.5, 0.6) is 0 Å². The second-order valence-electron chi connectivity index (χ2n) is 4.00. The fraction of sp³-hybridized carbons (Fsp3) is 0.900. The summed E-state index contributed by atoms with van der Waals surface area (Å²) in [5.41, 5.74) is -0.284. The number of aliphatic hydroxyl groups excluding tert-OH is 1. The molecule has 14 heavy (non-hydrogen) atoms. The van der Waals surface area contributed by atoms with Gasteiger partial charge >= 0.3 is 0 Å². The Morgan fingerprint density at radius 3 is 2.50 bits per heavy atom. The van der Waals surface area contributed by atoms with Gasteiger partial charge in [-0.05, 0) is 20.3 Å². The van der Waals surface area contributed by atoms with Crippen LogP contribution in [-0.2, 0) is 4.79 Å². The van der Waals surface area contributed by atoms with Crippen molar-refractivity contribution in [2.24, 2.45) is 0 Å². The number of amides is 1. The molecule has 0 spiro atoms. The van der Waals surface area contributed by atoms with Gasteiger partial charge < -0.3 is 15.7 Å². The first-order valence-corrected chi connectivity index (χ1v) is 5.06. The SMILES string of the molecule is CCC(C)(CO)NC(C)CC(=O)NC. The molecule has 0 bridgehead atoms. The Labute approximate surface area is 86.1 Å². The van der Waals surface area contributed by atoms with Gasteiger partial charge in [0, 0.05) is 25.0 Å². The molecule has 0 aliphatic heterocycles. The maximum Gasteiger partial charge on any atom is 0.221 e. The van der Waals surface area contributed by atoms with Crippen molar-refractivity contribution < 1.29 is 9.90 Å². The molecular weight excluding hydrogens is 180 g/mol.